The Balaban J connectivity index is 2.36. The van der Waals surface area contributed by atoms with E-state index in [1.165, 1.54) is 0 Å². The van der Waals surface area contributed by atoms with Gasteiger partial charge >= 0.3 is 0 Å². The molecule has 0 unspecified atom stereocenters. The first kappa shape index (κ1) is 14.9. The number of nitrogens with zero attached hydrogens (tertiary/aromatic N) is 2. The minimum atomic E-state index is -0.112. The van der Waals surface area contributed by atoms with Gasteiger partial charge in [-0.05, 0) is 33.6 Å². The Hall–Kier alpha value is -1.46. The summed E-state index contributed by atoms with van der Waals surface area (Å²) in [6, 6.07) is 5.44. The molecule has 20 heavy (non-hydrogen) atoms. The Morgan fingerprint density at radius 3 is 2.55 bits per heavy atom. The van der Waals surface area contributed by atoms with Crippen molar-refractivity contribution in [1.82, 2.24) is 9.97 Å². The fourth-order valence-electron chi connectivity index (χ4n) is 1.66. The maximum absolute atomic E-state index is 9.36. The molecule has 0 radical (unpaired) electrons. The predicted octanol–water partition coefficient (Wildman–Crippen LogP) is 3.82. The van der Waals surface area contributed by atoms with Crippen LogP contribution in [0.15, 0.2) is 35.1 Å². The van der Waals surface area contributed by atoms with Crippen molar-refractivity contribution in [2.45, 2.75) is 32.8 Å². The maximum Gasteiger partial charge on any atom is 0.219 e. The minimum Gasteiger partial charge on any atom is -0.437 e. The molecule has 1 N–H and O–H groups in total. The van der Waals surface area contributed by atoms with Crippen molar-refractivity contribution in [1.29, 1.82) is 0 Å². The largest absolute Gasteiger partial charge is 0.437 e. The van der Waals surface area contributed by atoms with Crippen LogP contribution in [0.25, 0.3) is 0 Å². The minimum absolute atomic E-state index is 0.0430. The summed E-state index contributed by atoms with van der Waals surface area (Å²) >= 11 is 3.35. The van der Waals surface area contributed by atoms with Gasteiger partial charge in [0.1, 0.15) is 5.75 Å². The van der Waals surface area contributed by atoms with E-state index in [1.807, 2.05) is 12.1 Å². The topological polar surface area (TPSA) is 55.2 Å². The fourth-order valence-corrected chi connectivity index (χ4v) is 2.00. The number of ether oxygens (including phenoxy) is 1. The van der Waals surface area contributed by atoms with Gasteiger partial charge in [-0.3, -0.25) is 4.98 Å². The zero-order chi connectivity index (χ0) is 14.8. The molecular formula is C15H17BrN2O2. The third-order valence-electron chi connectivity index (χ3n) is 2.71. The molecule has 2 rings (SSSR count). The molecule has 2 aromatic heterocycles. The smallest absolute Gasteiger partial charge is 0.219 e. The van der Waals surface area contributed by atoms with Gasteiger partial charge in [-0.25, -0.2) is 4.98 Å². The second kappa shape index (κ2) is 5.89. The lowest BCUT2D eigenvalue weighted by Gasteiger charge is -2.19. The van der Waals surface area contributed by atoms with Crippen LogP contribution in [0.4, 0.5) is 0 Å². The summed E-state index contributed by atoms with van der Waals surface area (Å²) in [5.74, 6) is 1.06. The standard InChI is InChI=1S/C15H17BrN2O2/c1-15(2,3)13-4-10(9-19)5-14(18-13)20-12-6-11(16)7-17-8-12/h4-8,19H,9H2,1-3H3. The first-order chi connectivity index (χ1) is 9.38. The molecule has 4 nitrogen and oxygen atoms in total. The van der Waals surface area contributed by atoms with Crippen molar-refractivity contribution in [2.75, 3.05) is 0 Å². The zero-order valence-corrected chi connectivity index (χ0v) is 13.3. The molecule has 0 saturated carbocycles. The summed E-state index contributed by atoms with van der Waals surface area (Å²) in [6.07, 6.45) is 3.31. The van der Waals surface area contributed by atoms with Crippen LogP contribution in [0, 0.1) is 0 Å². The molecule has 0 saturated heterocycles. The Morgan fingerprint density at radius 2 is 1.95 bits per heavy atom. The number of aromatic nitrogens is 2. The number of pyridine rings is 2. The lowest BCUT2D eigenvalue weighted by Crippen LogP contribution is -2.14. The van der Waals surface area contributed by atoms with E-state index in [0.717, 1.165) is 15.7 Å². The molecule has 0 aliphatic carbocycles. The van der Waals surface area contributed by atoms with Gasteiger partial charge < -0.3 is 9.84 Å². The van der Waals surface area contributed by atoms with Crippen LogP contribution >= 0.6 is 15.9 Å². The van der Waals surface area contributed by atoms with Gasteiger partial charge in [0.05, 0.1) is 18.5 Å². The molecule has 2 heterocycles. The lowest BCUT2D eigenvalue weighted by molar-refractivity contribution is 0.280. The van der Waals surface area contributed by atoms with Crippen LogP contribution in [-0.2, 0) is 12.0 Å². The maximum atomic E-state index is 9.36. The highest BCUT2D eigenvalue weighted by molar-refractivity contribution is 9.10. The lowest BCUT2D eigenvalue weighted by atomic mass is 9.91. The zero-order valence-electron chi connectivity index (χ0n) is 11.7. The van der Waals surface area contributed by atoms with Gasteiger partial charge in [0.2, 0.25) is 5.88 Å². The highest BCUT2D eigenvalue weighted by atomic mass is 79.9. The summed E-state index contributed by atoms with van der Waals surface area (Å²) in [5.41, 5.74) is 1.55. The van der Waals surface area contributed by atoms with Crippen molar-refractivity contribution >= 4 is 15.9 Å². The predicted molar refractivity (Wildman–Crippen MR) is 80.9 cm³/mol. The average molecular weight is 337 g/mol. The van der Waals surface area contributed by atoms with Crippen LogP contribution in [0.2, 0.25) is 0 Å². The van der Waals surface area contributed by atoms with Gasteiger partial charge in [0, 0.05) is 22.2 Å². The fraction of sp³-hybridized carbons (Fsp3) is 0.333. The summed E-state index contributed by atoms with van der Waals surface area (Å²) in [5, 5.41) is 9.36. The summed E-state index contributed by atoms with van der Waals surface area (Å²) in [4.78, 5) is 8.55. The molecule has 2 aromatic rings. The van der Waals surface area contributed by atoms with Gasteiger partial charge in [0.25, 0.3) is 0 Å². The van der Waals surface area contributed by atoms with Crippen molar-refractivity contribution < 1.29 is 9.84 Å². The number of hydrogen-bond acceptors (Lipinski definition) is 4. The van der Waals surface area contributed by atoms with E-state index in [-0.39, 0.29) is 12.0 Å². The van der Waals surface area contributed by atoms with Crippen LogP contribution < -0.4 is 4.74 Å². The number of aliphatic hydroxyl groups is 1. The van der Waals surface area contributed by atoms with Crippen molar-refractivity contribution in [2.24, 2.45) is 0 Å². The van der Waals surface area contributed by atoms with Crippen molar-refractivity contribution in [3.63, 3.8) is 0 Å². The van der Waals surface area contributed by atoms with E-state index < -0.39 is 0 Å². The quantitative estimate of drug-likeness (QED) is 0.925. The van der Waals surface area contributed by atoms with Crippen molar-refractivity contribution in [3.8, 4) is 11.6 Å². The Bertz CT molecular complexity index is 609. The number of halogens is 1. The highest BCUT2D eigenvalue weighted by Crippen LogP contribution is 2.27. The van der Waals surface area contributed by atoms with Gasteiger partial charge in [0.15, 0.2) is 0 Å². The summed E-state index contributed by atoms with van der Waals surface area (Å²) in [7, 11) is 0. The molecule has 0 bridgehead atoms. The van der Waals surface area contributed by atoms with Gasteiger partial charge in [-0.1, -0.05) is 20.8 Å². The van der Waals surface area contributed by atoms with Crippen LogP contribution in [-0.4, -0.2) is 15.1 Å². The van der Waals surface area contributed by atoms with E-state index in [2.05, 4.69) is 46.7 Å². The van der Waals surface area contributed by atoms with Crippen LogP contribution in [0.1, 0.15) is 32.0 Å². The van der Waals surface area contributed by atoms with Crippen molar-refractivity contribution in [3.05, 3.63) is 46.3 Å². The SMILES string of the molecule is CC(C)(C)c1cc(CO)cc(Oc2cncc(Br)c2)n1. The molecule has 106 valence electrons. The molecule has 0 spiro atoms. The molecule has 0 aromatic carbocycles. The third kappa shape index (κ3) is 3.77. The third-order valence-corrected chi connectivity index (χ3v) is 3.15. The monoisotopic (exact) mass is 336 g/mol. The van der Waals surface area contributed by atoms with Gasteiger partial charge in [-0.2, -0.15) is 0 Å². The first-order valence-electron chi connectivity index (χ1n) is 6.29. The Labute approximate surface area is 127 Å². The van der Waals surface area contributed by atoms with E-state index in [1.54, 1.807) is 18.5 Å². The second-order valence-corrected chi connectivity index (χ2v) is 6.46. The average Bonchev–Trinajstić information content (AvgIpc) is 2.37. The normalized spacial score (nSPS) is 11.4. The number of hydrogen-bond donors (Lipinski definition) is 1. The molecular weight excluding hydrogens is 320 g/mol. The molecule has 0 aliphatic heterocycles. The highest BCUT2D eigenvalue weighted by Gasteiger charge is 2.17. The van der Waals surface area contributed by atoms with E-state index in [4.69, 9.17) is 4.74 Å². The van der Waals surface area contributed by atoms with E-state index in [0.29, 0.717) is 11.6 Å². The summed E-state index contributed by atoms with van der Waals surface area (Å²) in [6.45, 7) is 6.17. The van der Waals surface area contributed by atoms with E-state index in [9.17, 15) is 5.11 Å². The second-order valence-electron chi connectivity index (χ2n) is 5.55. The molecule has 0 fully saturated rings. The Kier molecular flexibility index (Phi) is 4.40. The molecule has 0 amide bonds. The molecule has 0 atom stereocenters. The first-order valence-corrected chi connectivity index (χ1v) is 7.08. The van der Waals surface area contributed by atoms with Crippen LogP contribution in [0.3, 0.4) is 0 Å². The molecule has 5 heteroatoms. The summed E-state index contributed by atoms with van der Waals surface area (Å²) < 4.78 is 6.56. The Morgan fingerprint density at radius 1 is 1.20 bits per heavy atom. The number of rotatable bonds is 3. The van der Waals surface area contributed by atoms with E-state index >= 15 is 0 Å². The molecule has 0 aliphatic rings. The van der Waals surface area contributed by atoms with Gasteiger partial charge in [-0.15, -0.1) is 0 Å². The van der Waals surface area contributed by atoms with Crippen LogP contribution in [0.5, 0.6) is 11.6 Å². The number of aliphatic hydroxyl groups excluding tert-OH is 1.